The van der Waals surface area contributed by atoms with Crippen molar-refractivity contribution in [3.63, 3.8) is 0 Å². The van der Waals surface area contributed by atoms with Crippen LogP contribution in [-0.4, -0.2) is 4.57 Å². The highest BCUT2D eigenvalue weighted by atomic mass is 19.1. The Morgan fingerprint density at radius 1 is 1.00 bits per heavy atom. The highest BCUT2D eigenvalue weighted by Crippen LogP contribution is 2.43. The van der Waals surface area contributed by atoms with Crippen LogP contribution < -0.4 is 0 Å². The second kappa shape index (κ2) is 5.61. The van der Waals surface area contributed by atoms with Crippen LogP contribution in [0.25, 0.3) is 10.9 Å². The molecule has 0 spiro atoms. The average Bonchev–Trinajstić information content (AvgIpc) is 2.56. The number of aromatic nitrogens is 1. The molecule has 0 radical (unpaired) electrons. The minimum atomic E-state index is -0.517. The van der Waals surface area contributed by atoms with Gasteiger partial charge in [-0.15, -0.1) is 0 Å². The first kappa shape index (κ1) is 18.0. The van der Waals surface area contributed by atoms with Gasteiger partial charge in [-0.05, 0) is 42.7 Å². The molecule has 3 heteroatoms. The van der Waals surface area contributed by atoms with Crippen molar-refractivity contribution in [2.24, 2.45) is 10.8 Å². The SMILES string of the molecule is Cc1c(C)n(C(CC(C)(C)C)C(C)(C)C)c2cc(F)cc(F)c12. The van der Waals surface area contributed by atoms with E-state index in [1.807, 2.05) is 13.8 Å². The molecule has 2 aromatic rings. The van der Waals surface area contributed by atoms with E-state index in [-0.39, 0.29) is 16.9 Å². The van der Waals surface area contributed by atoms with Crippen LogP contribution in [0.4, 0.5) is 8.78 Å². The Balaban J connectivity index is 2.81. The molecule has 1 aromatic carbocycles. The molecule has 1 aromatic heterocycles. The molecule has 128 valence electrons. The van der Waals surface area contributed by atoms with Gasteiger partial charge in [0.05, 0.1) is 5.52 Å². The Kier molecular flexibility index (Phi) is 4.38. The summed E-state index contributed by atoms with van der Waals surface area (Å²) in [6.45, 7) is 17.1. The molecule has 1 heterocycles. The highest BCUT2D eigenvalue weighted by molar-refractivity contribution is 5.86. The number of benzene rings is 1. The molecule has 0 amide bonds. The van der Waals surface area contributed by atoms with E-state index in [1.54, 1.807) is 0 Å². The van der Waals surface area contributed by atoms with Gasteiger partial charge in [-0.25, -0.2) is 8.78 Å². The molecule has 0 saturated carbocycles. The van der Waals surface area contributed by atoms with Crippen molar-refractivity contribution in [3.05, 3.63) is 35.0 Å². The van der Waals surface area contributed by atoms with Crippen LogP contribution in [0.5, 0.6) is 0 Å². The van der Waals surface area contributed by atoms with Crippen LogP contribution in [0.15, 0.2) is 12.1 Å². The smallest absolute Gasteiger partial charge is 0.135 e. The van der Waals surface area contributed by atoms with Crippen LogP contribution >= 0.6 is 0 Å². The van der Waals surface area contributed by atoms with Crippen LogP contribution in [0, 0.1) is 36.3 Å². The zero-order valence-corrected chi connectivity index (χ0v) is 15.6. The van der Waals surface area contributed by atoms with Crippen LogP contribution in [0.2, 0.25) is 0 Å². The highest BCUT2D eigenvalue weighted by Gasteiger charge is 2.33. The van der Waals surface area contributed by atoms with E-state index in [9.17, 15) is 8.78 Å². The van der Waals surface area contributed by atoms with E-state index in [0.29, 0.717) is 10.9 Å². The van der Waals surface area contributed by atoms with E-state index >= 15 is 0 Å². The molecule has 2 rings (SSSR count). The van der Waals surface area contributed by atoms with Gasteiger partial charge in [0, 0.05) is 23.2 Å². The Morgan fingerprint density at radius 2 is 1.57 bits per heavy atom. The normalized spacial score (nSPS) is 14.5. The maximum Gasteiger partial charge on any atom is 0.135 e. The molecule has 0 fully saturated rings. The number of hydrogen-bond acceptors (Lipinski definition) is 0. The Morgan fingerprint density at radius 3 is 2.04 bits per heavy atom. The van der Waals surface area contributed by atoms with Gasteiger partial charge in [-0.3, -0.25) is 0 Å². The summed E-state index contributed by atoms with van der Waals surface area (Å²) in [5, 5.41) is 0.548. The fourth-order valence-corrected chi connectivity index (χ4v) is 3.43. The van der Waals surface area contributed by atoms with Gasteiger partial charge in [-0.2, -0.15) is 0 Å². The number of halogens is 2. The van der Waals surface area contributed by atoms with Gasteiger partial charge in [-0.1, -0.05) is 41.5 Å². The second-order valence-corrected chi connectivity index (χ2v) is 9.01. The molecule has 1 atom stereocenters. The van der Waals surface area contributed by atoms with E-state index in [1.165, 1.54) is 6.07 Å². The molecule has 0 N–H and O–H groups in total. The number of aryl methyl sites for hydroxylation is 1. The minimum absolute atomic E-state index is 0.0147. The van der Waals surface area contributed by atoms with Gasteiger partial charge in [0.2, 0.25) is 0 Å². The summed E-state index contributed by atoms with van der Waals surface area (Å²) in [7, 11) is 0. The monoisotopic (exact) mass is 321 g/mol. The molecule has 0 aliphatic carbocycles. The molecule has 1 nitrogen and oxygen atoms in total. The standard InChI is InChI=1S/C20H29F2N/c1-12-13(2)23(16-10-14(21)9-15(22)18(12)16)17(20(6,7)8)11-19(3,4)5/h9-10,17H,11H2,1-8H3. The third-order valence-electron chi connectivity index (χ3n) is 4.69. The molecule has 1 unspecified atom stereocenters. The van der Waals surface area contributed by atoms with Gasteiger partial charge >= 0.3 is 0 Å². The fourth-order valence-electron chi connectivity index (χ4n) is 3.43. The lowest BCUT2D eigenvalue weighted by Gasteiger charge is -2.38. The van der Waals surface area contributed by atoms with E-state index in [0.717, 1.165) is 23.7 Å². The molecular formula is C20H29F2N. The Hall–Kier alpha value is -1.38. The Labute approximate surface area is 138 Å². The molecular weight excluding hydrogens is 292 g/mol. The maximum atomic E-state index is 14.3. The predicted molar refractivity (Wildman–Crippen MR) is 93.9 cm³/mol. The van der Waals surface area contributed by atoms with Crippen LogP contribution in [0.3, 0.4) is 0 Å². The summed E-state index contributed by atoms with van der Waals surface area (Å²) in [5.74, 6) is -0.986. The average molecular weight is 321 g/mol. The number of nitrogens with zero attached hydrogens (tertiary/aromatic N) is 1. The zero-order valence-electron chi connectivity index (χ0n) is 15.6. The quantitative estimate of drug-likeness (QED) is 0.590. The first-order valence-electron chi connectivity index (χ1n) is 8.29. The van der Waals surface area contributed by atoms with Crippen molar-refractivity contribution in [1.29, 1.82) is 0 Å². The lowest BCUT2D eigenvalue weighted by Crippen LogP contribution is -2.29. The minimum Gasteiger partial charge on any atom is -0.341 e. The van der Waals surface area contributed by atoms with Crippen molar-refractivity contribution in [2.75, 3.05) is 0 Å². The van der Waals surface area contributed by atoms with Crippen molar-refractivity contribution in [3.8, 4) is 0 Å². The molecule has 0 saturated heterocycles. The third-order valence-corrected chi connectivity index (χ3v) is 4.69. The van der Waals surface area contributed by atoms with Crippen molar-refractivity contribution < 1.29 is 8.78 Å². The third kappa shape index (κ3) is 3.44. The van der Waals surface area contributed by atoms with E-state index in [2.05, 4.69) is 46.1 Å². The lowest BCUT2D eigenvalue weighted by atomic mass is 9.76. The largest absolute Gasteiger partial charge is 0.341 e. The van der Waals surface area contributed by atoms with Gasteiger partial charge in [0.1, 0.15) is 11.6 Å². The van der Waals surface area contributed by atoms with Gasteiger partial charge in [0.15, 0.2) is 0 Å². The number of hydrogen-bond donors (Lipinski definition) is 0. The topological polar surface area (TPSA) is 4.93 Å². The Bertz CT molecular complexity index is 727. The summed E-state index contributed by atoms with van der Waals surface area (Å²) >= 11 is 0. The maximum absolute atomic E-state index is 14.3. The molecule has 0 bridgehead atoms. The van der Waals surface area contributed by atoms with Crippen molar-refractivity contribution >= 4 is 10.9 Å². The summed E-state index contributed by atoms with van der Waals surface area (Å²) in [5.41, 5.74) is 2.70. The fraction of sp³-hybridized carbons (Fsp3) is 0.600. The summed E-state index contributed by atoms with van der Waals surface area (Å²) in [4.78, 5) is 0. The zero-order chi connectivity index (χ0) is 17.7. The summed E-state index contributed by atoms with van der Waals surface area (Å²) < 4.78 is 30.4. The first-order chi connectivity index (χ1) is 10.3. The van der Waals surface area contributed by atoms with Gasteiger partial charge < -0.3 is 4.57 Å². The number of fused-ring (bicyclic) bond motifs is 1. The summed E-state index contributed by atoms with van der Waals surface area (Å²) in [6, 6.07) is 2.62. The van der Waals surface area contributed by atoms with Crippen LogP contribution in [0.1, 0.15) is 65.3 Å². The first-order valence-corrected chi connectivity index (χ1v) is 8.29. The van der Waals surface area contributed by atoms with Crippen molar-refractivity contribution in [2.45, 2.75) is 67.9 Å². The molecule has 0 aliphatic heterocycles. The molecule has 23 heavy (non-hydrogen) atoms. The molecule has 0 aliphatic rings. The van der Waals surface area contributed by atoms with E-state index in [4.69, 9.17) is 0 Å². The van der Waals surface area contributed by atoms with Crippen LogP contribution in [-0.2, 0) is 0 Å². The van der Waals surface area contributed by atoms with E-state index < -0.39 is 11.6 Å². The summed E-state index contributed by atoms with van der Waals surface area (Å²) in [6.07, 6.45) is 0.943. The van der Waals surface area contributed by atoms with Crippen molar-refractivity contribution in [1.82, 2.24) is 4.57 Å². The lowest BCUT2D eigenvalue weighted by molar-refractivity contribution is 0.172. The second-order valence-electron chi connectivity index (χ2n) is 9.01. The number of rotatable bonds is 2. The van der Waals surface area contributed by atoms with Gasteiger partial charge in [0.25, 0.3) is 0 Å². The predicted octanol–water partition coefficient (Wildman–Crippen LogP) is 6.56.